The lowest BCUT2D eigenvalue weighted by Crippen LogP contribution is -2.07. The molecule has 8 heteroatoms. The highest BCUT2D eigenvalue weighted by Crippen LogP contribution is 2.32. The highest BCUT2D eigenvalue weighted by atomic mass is 79.9. The number of methoxy groups -OCH3 is 2. The molecule has 6 nitrogen and oxygen atoms in total. The van der Waals surface area contributed by atoms with Gasteiger partial charge in [0.15, 0.2) is 0 Å². The Kier molecular flexibility index (Phi) is 8.53. The van der Waals surface area contributed by atoms with Crippen LogP contribution in [-0.4, -0.2) is 30.1 Å². The third kappa shape index (κ3) is 5.66. The van der Waals surface area contributed by atoms with Crippen molar-refractivity contribution in [2.75, 3.05) is 19.5 Å². The van der Waals surface area contributed by atoms with Crippen LogP contribution in [0, 0.1) is 12.7 Å². The van der Waals surface area contributed by atoms with Crippen molar-refractivity contribution in [1.29, 1.82) is 0 Å². The van der Waals surface area contributed by atoms with Crippen molar-refractivity contribution in [2.24, 2.45) is 0 Å². The van der Waals surface area contributed by atoms with Gasteiger partial charge in [0.05, 0.1) is 48.5 Å². The SMILES string of the molecule is CCCc1c(F)cncc1OC.COc1cc2ncc(NC(C)=O)c(C)c2cc1Br. The van der Waals surface area contributed by atoms with Gasteiger partial charge in [-0.1, -0.05) is 13.3 Å². The first-order valence-corrected chi connectivity index (χ1v) is 10.2. The molecule has 0 bridgehead atoms. The number of benzene rings is 1. The van der Waals surface area contributed by atoms with Gasteiger partial charge < -0.3 is 14.8 Å². The van der Waals surface area contributed by atoms with Gasteiger partial charge >= 0.3 is 0 Å². The van der Waals surface area contributed by atoms with Crippen molar-refractivity contribution in [3.63, 3.8) is 0 Å². The summed E-state index contributed by atoms with van der Waals surface area (Å²) < 4.78 is 24.2. The van der Waals surface area contributed by atoms with Gasteiger partial charge in [0.2, 0.25) is 5.91 Å². The fraction of sp³-hybridized carbons (Fsp3) is 0.318. The molecular weight excluding hydrogens is 453 g/mol. The molecule has 3 rings (SSSR count). The molecule has 1 N–H and O–H groups in total. The van der Waals surface area contributed by atoms with Crippen LogP contribution in [0.4, 0.5) is 10.1 Å². The maximum Gasteiger partial charge on any atom is 0.221 e. The summed E-state index contributed by atoms with van der Waals surface area (Å²) in [5, 5.41) is 3.75. The maximum atomic E-state index is 13.1. The second kappa shape index (κ2) is 10.9. The number of carbonyl (C=O) groups is 1. The van der Waals surface area contributed by atoms with E-state index in [4.69, 9.17) is 9.47 Å². The zero-order chi connectivity index (χ0) is 22.3. The van der Waals surface area contributed by atoms with Gasteiger partial charge in [-0.2, -0.15) is 0 Å². The van der Waals surface area contributed by atoms with Crippen LogP contribution in [0.2, 0.25) is 0 Å². The number of nitrogens with one attached hydrogen (secondary N) is 1. The van der Waals surface area contributed by atoms with Crippen molar-refractivity contribution in [3.8, 4) is 11.5 Å². The molecule has 160 valence electrons. The summed E-state index contributed by atoms with van der Waals surface area (Å²) in [4.78, 5) is 19.1. The Hall–Kier alpha value is -2.74. The third-order valence-corrected chi connectivity index (χ3v) is 5.03. The first-order chi connectivity index (χ1) is 14.3. The second-order valence-corrected chi connectivity index (χ2v) is 7.39. The average Bonchev–Trinajstić information content (AvgIpc) is 2.72. The minimum atomic E-state index is -0.281. The summed E-state index contributed by atoms with van der Waals surface area (Å²) >= 11 is 3.45. The summed E-state index contributed by atoms with van der Waals surface area (Å²) in [6, 6.07) is 3.81. The van der Waals surface area contributed by atoms with Gasteiger partial charge in [0.25, 0.3) is 0 Å². The van der Waals surface area contributed by atoms with E-state index < -0.39 is 0 Å². The normalized spacial score (nSPS) is 10.2. The van der Waals surface area contributed by atoms with Crippen LogP contribution in [-0.2, 0) is 11.2 Å². The molecule has 0 fully saturated rings. The fourth-order valence-corrected chi connectivity index (χ4v) is 3.42. The fourth-order valence-electron chi connectivity index (χ4n) is 2.91. The van der Waals surface area contributed by atoms with E-state index in [0.29, 0.717) is 17.7 Å². The van der Waals surface area contributed by atoms with Gasteiger partial charge in [0.1, 0.15) is 17.3 Å². The van der Waals surface area contributed by atoms with Crippen molar-refractivity contribution < 1.29 is 18.7 Å². The molecule has 2 heterocycles. The Bertz CT molecular complexity index is 1040. The van der Waals surface area contributed by atoms with Crippen molar-refractivity contribution in [3.05, 3.63) is 52.1 Å². The number of halogens is 2. The quantitative estimate of drug-likeness (QED) is 0.528. The molecule has 2 aromatic heterocycles. The number of amides is 1. The largest absolute Gasteiger partial charge is 0.495 e. The summed E-state index contributed by atoms with van der Waals surface area (Å²) in [5.74, 6) is 0.890. The van der Waals surface area contributed by atoms with E-state index in [-0.39, 0.29) is 11.7 Å². The molecule has 0 radical (unpaired) electrons. The monoisotopic (exact) mass is 477 g/mol. The molecule has 1 aromatic carbocycles. The minimum Gasteiger partial charge on any atom is -0.495 e. The minimum absolute atomic E-state index is 0.105. The van der Waals surface area contributed by atoms with E-state index in [1.807, 2.05) is 26.0 Å². The van der Waals surface area contributed by atoms with Crippen LogP contribution in [0.15, 0.2) is 35.2 Å². The lowest BCUT2D eigenvalue weighted by Gasteiger charge is -2.11. The van der Waals surface area contributed by atoms with Gasteiger partial charge in [0, 0.05) is 23.9 Å². The Balaban J connectivity index is 0.000000232. The number of ether oxygens (including phenoxy) is 2. The smallest absolute Gasteiger partial charge is 0.221 e. The lowest BCUT2D eigenvalue weighted by molar-refractivity contribution is -0.114. The van der Waals surface area contributed by atoms with Gasteiger partial charge in [-0.25, -0.2) is 4.39 Å². The first kappa shape index (κ1) is 23.5. The molecule has 30 heavy (non-hydrogen) atoms. The number of hydrogen-bond acceptors (Lipinski definition) is 5. The molecule has 0 aliphatic rings. The highest BCUT2D eigenvalue weighted by Gasteiger charge is 2.10. The Labute approximate surface area is 184 Å². The number of aryl methyl sites for hydroxylation is 1. The van der Waals surface area contributed by atoms with Crippen LogP contribution < -0.4 is 14.8 Å². The molecule has 0 aliphatic heterocycles. The number of rotatable bonds is 5. The van der Waals surface area contributed by atoms with Crippen LogP contribution in [0.5, 0.6) is 11.5 Å². The summed E-state index contributed by atoms with van der Waals surface area (Å²) in [6.07, 6.45) is 6.00. The topological polar surface area (TPSA) is 73.3 Å². The Morgan fingerprint density at radius 1 is 1.17 bits per heavy atom. The van der Waals surface area contributed by atoms with E-state index in [0.717, 1.165) is 38.8 Å². The molecule has 0 unspecified atom stereocenters. The number of nitrogens with zero attached hydrogens (tertiary/aromatic N) is 2. The lowest BCUT2D eigenvalue weighted by atomic mass is 10.1. The Morgan fingerprint density at radius 3 is 2.47 bits per heavy atom. The number of fused-ring (bicyclic) bond motifs is 1. The average molecular weight is 478 g/mol. The van der Waals surface area contributed by atoms with E-state index in [2.05, 4.69) is 31.2 Å². The number of hydrogen-bond donors (Lipinski definition) is 1. The van der Waals surface area contributed by atoms with Crippen molar-refractivity contribution >= 4 is 38.4 Å². The molecule has 0 aliphatic carbocycles. The molecule has 0 atom stereocenters. The van der Waals surface area contributed by atoms with Crippen LogP contribution in [0.25, 0.3) is 10.9 Å². The second-order valence-electron chi connectivity index (χ2n) is 6.53. The number of carbonyl (C=O) groups excluding carboxylic acids is 1. The number of aromatic nitrogens is 2. The molecule has 3 aromatic rings. The molecular formula is C22H25BrFN3O3. The highest BCUT2D eigenvalue weighted by molar-refractivity contribution is 9.10. The van der Waals surface area contributed by atoms with Crippen molar-refractivity contribution in [1.82, 2.24) is 9.97 Å². The van der Waals surface area contributed by atoms with E-state index >= 15 is 0 Å². The summed E-state index contributed by atoms with van der Waals surface area (Å²) in [5.41, 5.74) is 3.17. The number of anilines is 1. The molecule has 0 saturated heterocycles. The van der Waals surface area contributed by atoms with E-state index in [9.17, 15) is 9.18 Å². The van der Waals surface area contributed by atoms with Gasteiger partial charge in [-0.15, -0.1) is 0 Å². The zero-order valence-corrected chi connectivity index (χ0v) is 19.3. The zero-order valence-electron chi connectivity index (χ0n) is 17.7. The van der Waals surface area contributed by atoms with Gasteiger partial charge in [-0.05, 0) is 40.9 Å². The van der Waals surface area contributed by atoms with Crippen LogP contribution in [0.3, 0.4) is 0 Å². The predicted molar refractivity (Wildman–Crippen MR) is 120 cm³/mol. The van der Waals surface area contributed by atoms with Crippen LogP contribution >= 0.6 is 15.9 Å². The third-order valence-electron chi connectivity index (χ3n) is 4.41. The maximum absolute atomic E-state index is 13.1. The van der Waals surface area contributed by atoms with E-state index in [1.165, 1.54) is 26.4 Å². The van der Waals surface area contributed by atoms with Gasteiger partial charge in [-0.3, -0.25) is 14.8 Å². The first-order valence-electron chi connectivity index (χ1n) is 9.39. The summed E-state index contributed by atoms with van der Waals surface area (Å²) in [7, 11) is 3.14. The molecule has 1 amide bonds. The molecule has 0 saturated carbocycles. The van der Waals surface area contributed by atoms with Crippen molar-refractivity contribution in [2.45, 2.75) is 33.6 Å². The molecule has 0 spiro atoms. The predicted octanol–water partition coefficient (Wildman–Crippen LogP) is 5.45. The Morgan fingerprint density at radius 2 is 1.87 bits per heavy atom. The van der Waals surface area contributed by atoms with E-state index in [1.54, 1.807) is 13.3 Å². The standard InChI is InChI=1S/C13H13BrN2O2.C9H12FNO/c1-7-9-4-10(14)13(18-3)5-11(9)15-6-12(7)16-8(2)17;1-3-4-7-8(10)5-11-6-9(7)12-2/h4-6H,1-3H3,(H,16,17);5-6H,3-4H2,1-2H3. The van der Waals surface area contributed by atoms with Crippen LogP contribution in [0.1, 0.15) is 31.4 Å². The number of pyridine rings is 2. The summed E-state index contributed by atoms with van der Waals surface area (Å²) in [6.45, 7) is 5.43.